The summed E-state index contributed by atoms with van der Waals surface area (Å²) in [5, 5.41) is 7.49. The van der Waals surface area contributed by atoms with Gasteiger partial charge in [0.1, 0.15) is 10.8 Å². The molecule has 0 spiro atoms. The van der Waals surface area contributed by atoms with Gasteiger partial charge in [0, 0.05) is 23.6 Å². The lowest BCUT2D eigenvalue weighted by atomic mass is 9.86. The first-order valence-corrected chi connectivity index (χ1v) is 10.9. The van der Waals surface area contributed by atoms with E-state index in [4.69, 9.17) is 9.26 Å². The molecule has 0 bridgehead atoms. The van der Waals surface area contributed by atoms with Crippen molar-refractivity contribution in [3.63, 3.8) is 0 Å². The number of nitrogens with one attached hydrogen (secondary N) is 1. The van der Waals surface area contributed by atoms with Gasteiger partial charge in [-0.15, -0.1) is 11.8 Å². The van der Waals surface area contributed by atoms with Crippen molar-refractivity contribution in [1.82, 2.24) is 15.5 Å². The van der Waals surface area contributed by atoms with E-state index in [1.165, 1.54) is 18.2 Å². The topological polar surface area (TPSA) is 94.3 Å². The molecule has 1 aliphatic rings. The van der Waals surface area contributed by atoms with E-state index in [-0.39, 0.29) is 18.6 Å². The van der Waals surface area contributed by atoms with E-state index in [2.05, 4.69) is 22.4 Å². The zero-order valence-electron chi connectivity index (χ0n) is 17.1. The highest BCUT2D eigenvalue weighted by atomic mass is 32.2. The lowest BCUT2D eigenvalue weighted by Gasteiger charge is -2.29. The normalized spacial score (nSPS) is 19.0. The van der Waals surface area contributed by atoms with Gasteiger partial charge in [0.2, 0.25) is 0 Å². The zero-order chi connectivity index (χ0) is 20.8. The van der Waals surface area contributed by atoms with Crippen LogP contribution in [0, 0.1) is 19.8 Å². The van der Waals surface area contributed by atoms with Crippen molar-refractivity contribution in [2.24, 2.45) is 5.92 Å². The van der Waals surface area contributed by atoms with Gasteiger partial charge >= 0.3 is 5.97 Å². The van der Waals surface area contributed by atoms with Gasteiger partial charge in [-0.2, -0.15) is 0 Å². The van der Waals surface area contributed by atoms with E-state index < -0.39 is 5.97 Å². The summed E-state index contributed by atoms with van der Waals surface area (Å²) in [6.07, 6.45) is 6.05. The summed E-state index contributed by atoms with van der Waals surface area (Å²) in [4.78, 5) is 29.0. The number of aryl methyl sites for hydroxylation is 2. The molecule has 2 unspecified atom stereocenters. The molecule has 1 aliphatic carbocycles. The van der Waals surface area contributed by atoms with E-state index >= 15 is 0 Å². The van der Waals surface area contributed by atoms with Gasteiger partial charge in [-0.1, -0.05) is 24.9 Å². The van der Waals surface area contributed by atoms with Gasteiger partial charge in [-0.3, -0.25) is 4.79 Å². The number of pyridine rings is 1. The van der Waals surface area contributed by atoms with Crippen LogP contribution in [-0.4, -0.2) is 34.7 Å². The number of ether oxygens (including phenoxy) is 1. The van der Waals surface area contributed by atoms with Gasteiger partial charge in [0.15, 0.2) is 6.61 Å². The van der Waals surface area contributed by atoms with Crippen LogP contribution in [0.25, 0.3) is 0 Å². The van der Waals surface area contributed by atoms with Crippen molar-refractivity contribution in [3.05, 3.63) is 40.9 Å². The van der Waals surface area contributed by atoms with Crippen molar-refractivity contribution in [3.8, 4) is 0 Å². The van der Waals surface area contributed by atoms with Gasteiger partial charge in [-0.05, 0) is 44.7 Å². The highest BCUT2D eigenvalue weighted by molar-refractivity contribution is 7.98. The summed E-state index contributed by atoms with van der Waals surface area (Å²) in [6, 6.07) is 3.50. The SMILES string of the molecule is Cc1noc(C)c1CSc1ncccc1C(=O)OCC(=O)NC1CCCCC1C. The van der Waals surface area contributed by atoms with E-state index in [0.29, 0.717) is 22.3 Å². The molecule has 7 nitrogen and oxygen atoms in total. The van der Waals surface area contributed by atoms with Crippen LogP contribution in [-0.2, 0) is 15.3 Å². The molecule has 3 rings (SSSR count). The Morgan fingerprint density at radius 3 is 2.83 bits per heavy atom. The third-order valence-corrected chi connectivity index (χ3v) is 6.35. The predicted molar refractivity (Wildman–Crippen MR) is 110 cm³/mol. The number of aromatic nitrogens is 2. The summed E-state index contributed by atoms with van der Waals surface area (Å²) in [5.41, 5.74) is 2.16. The Bertz CT molecular complexity index is 848. The Kier molecular flexibility index (Phi) is 7.30. The number of rotatable bonds is 7. The van der Waals surface area contributed by atoms with Crippen molar-refractivity contribution in [1.29, 1.82) is 0 Å². The fourth-order valence-corrected chi connectivity index (χ4v) is 4.63. The molecule has 2 heterocycles. The largest absolute Gasteiger partial charge is 0.452 e. The summed E-state index contributed by atoms with van der Waals surface area (Å²) < 4.78 is 10.4. The van der Waals surface area contributed by atoms with Crippen molar-refractivity contribution in [2.75, 3.05) is 6.61 Å². The number of hydrogen-bond donors (Lipinski definition) is 1. The number of amides is 1. The molecule has 1 amide bonds. The molecule has 8 heteroatoms. The molecule has 1 N–H and O–H groups in total. The second-order valence-electron chi connectivity index (χ2n) is 7.46. The average molecular weight is 418 g/mol. The van der Waals surface area contributed by atoms with Crippen LogP contribution in [0.1, 0.15) is 60.0 Å². The first-order valence-electron chi connectivity index (χ1n) is 9.91. The smallest absolute Gasteiger partial charge is 0.341 e. The molecule has 0 aromatic carbocycles. The van der Waals surface area contributed by atoms with E-state index in [0.717, 1.165) is 36.3 Å². The molecule has 0 saturated heterocycles. The highest BCUT2D eigenvalue weighted by Gasteiger charge is 2.23. The lowest BCUT2D eigenvalue weighted by molar-refractivity contribution is -0.125. The third-order valence-electron chi connectivity index (χ3n) is 5.32. The maximum Gasteiger partial charge on any atom is 0.341 e. The van der Waals surface area contributed by atoms with E-state index in [1.54, 1.807) is 18.3 Å². The van der Waals surface area contributed by atoms with Gasteiger partial charge in [0.05, 0.1) is 11.3 Å². The minimum absolute atomic E-state index is 0.162. The maximum absolute atomic E-state index is 12.5. The van der Waals surface area contributed by atoms with Crippen LogP contribution >= 0.6 is 11.8 Å². The second-order valence-corrected chi connectivity index (χ2v) is 8.42. The Labute approximate surface area is 175 Å². The summed E-state index contributed by atoms with van der Waals surface area (Å²) >= 11 is 1.41. The van der Waals surface area contributed by atoms with Crippen LogP contribution in [0.5, 0.6) is 0 Å². The van der Waals surface area contributed by atoms with E-state index in [9.17, 15) is 9.59 Å². The first kappa shape index (κ1) is 21.4. The fourth-order valence-electron chi connectivity index (χ4n) is 3.50. The van der Waals surface area contributed by atoms with Crippen molar-refractivity contribution >= 4 is 23.6 Å². The minimum atomic E-state index is -0.550. The van der Waals surface area contributed by atoms with Gasteiger partial charge < -0.3 is 14.6 Å². The number of esters is 1. The molecule has 156 valence electrons. The van der Waals surface area contributed by atoms with Crippen molar-refractivity contribution in [2.45, 2.75) is 63.3 Å². The second kappa shape index (κ2) is 9.91. The lowest BCUT2D eigenvalue weighted by Crippen LogP contribution is -2.42. The summed E-state index contributed by atoms with van der Waals surface area (Å²) in [5.74, 6) is 0.980. The zero-order valence-corrected chi connectivity index (χ0v) is 17.9. The number of nitrogens with zero attached hydrogens (tertiary/aromatic N) is 2. The number of carbonyl (C=O) groups excluding carboxylic acids is 2. The molecule has 2 aromatic rings. The minimum Gasteiger partial charge on any atom is -0.452 e. The van der Waals surface area contributed by atoms with Crippen LogP contribution in [0.15, 0.2) is 27.9 Å². The Morgan fingerprint density at radius 2 is 2.10 bits per heavy atom. The average Bonchev–Trinajstić information content (AvgIpc) is 3.04. The molecule has 29 heavy (non-hydrogen) atoms. The predicted octanol–water partition coefficient (Wildman–Crippen LogP) is 3.83. The first-order chi connectivity index (χ1) is 14.0. The number of thioether (sulfide) groups is 1. The number of hydrogen-bond acceptors (Lipinski definition) is 7. The van der Waals surface area contributed by atoms with Gasteiger partial charge in [-0.25, -0.2) is 9.78 Å². The van der Waals surface area contributed by atoms with Crippen LogP contribution in [0.3, 0.4) is 0 Å². The number of carbonyl (C=O) groups is 2. The summed E-state index contributed by atoms with van der Waals surface area (Å²) in [6.45, 7) is 5.60. The Morgan fingerprint density at radius 1 is 1.31 bits per heavy atom. The molecule has 2 atom stereocenters. The van der Waals surface area contributed by atoms with Crippen LogP contribution in [0.2, 0.25) is 0 Å². The van der Waals surface area contributed by atoms with Crippen LogP contribution < -0.4 is 5.32 Å². The van der Waals surface area contributed by atoms with Crippen molar-refractivity contribution < 1.29 is 18.8 Å². The molecular formula is C21H27N3O4S. The Balaban J connectivity index is 1.56. The standard InChI is InChI=1S/C21H27N3O4S/c1-13-7-4-5-9-18(13)23-19(25)11-27-21(26)16-8-6-10-22-20(16)29-12-17-14(2)24-28-15(17)3/h6,8,10,13,18H,4-5,7,9,11-12H2,1-3H3,(H,23,25). The molecular weight excluding hydrogens is 390 g/mol. The molecule has 0 aliphatic heterocycles. The third kappa shape index (κ3) is 5.59. The quantitative estimate of drug-likeness (QED) is 0.540. The van der Waals surface area contributed by atoms with Gasteiger partial charge in [0.25, 0.3) is 5.91 Å². The molecule has 2 aromatic heterocycles. The monoisotopic (exact) mass is 417 g/mol. The van der Waals surface area contributed by atoms with E-state index in [1.807, 2.05) is 13.8 Å². The Hall–Kier alpha value is -2.35. The molecule has 1 fully saturated rings. The summed E-state index contributed by atoms with van der Waals surface area (Å²) in [7, 11) is 0. The molecule has 1 saturated carbocycles. The fraction of sp³-hybridized carbons (Fsp3) is 0.524. The highest BCUT2D eigenvalue weighted by Crippen LogP contribution is 2.27. The van der Waals surface area contributed by atoms with Crippen LogP contribution in [0.4, 0.5) is 0 Å². The molecule has 0 radical (unpaired) electrons. The maximum atomic E-state index is 12.5.